The van der Waals surface area contributed by atoms with Gasteiger partial charge in [0, 0.05) is 11.5 Å². The van der Waals surface area contributed by atoms with Crippen molar-refractivity contribution in [1.29, 1.82) is 0 Å². The second-order valence-corrected chi connectivity index (χ2v) is 6.07. The molecule has 118 valence electrons. The number of hydroxylamine groups is 1. The van der Waals surface area contributed by atoms with E-state index in [1.807, 2.05) is 12.1 Å². The first-order valence-corrected chi connectivity index (χ1v) is 7.99. The summed E-state index contributed by atoms with van der Waals surface area (Å²) < 4.78 is 0. The van der Waals surface area contributed by atoms with Gasteiger partial charge in [-0.05, 0) is 46.4 Å². The number of amides is 1. The lowest BCUT2D eigenvalue weighted by Gasteiger charge is -2.14. The number of nitrogens with one attached hydrogen (secondary N) is 1. The van der Waals surface area contributed by atoms with E-state index < -0.39 is 5.91 Å². The summed E-state index contributed by atoms with van der Waals surface area (Å²) in [4.78, 5) is 11.4. The fraction of sp³-hybridized carbons (Fsp3) is 0.0952. The van der Waals surface area contributed by atoms with Crippen LogP contribution in [0.5, 0.6) is 0 Å². The van der Waals surface area contributed by atoms with Crippen molar-refractivity contribution in [2.24, 2.45) is 0 Å². The van der Waals surface area contributed by atoms with Crippen molar-refractivity contribution in [3.8, 4) is 11.1 Å². The Balaban J connectivity index is 1.68. The highest BCUT2D eigenvalue weighted by Gasteiger charge is 2.27. The maximum absolute atomic E-state index is 11.4. The molecule has 0 heterocycles. The molecule has 0 aliphatic heterocycles. The highest BCUT2D eigenvalue weighted by atomic mass is 16.5. The van der Waals surface area contributed by atoms with Gasteiger partial charge in [-0.1, -0.05) is 60.7 Å². The maximum atomic E-state index is 11.4. The number of hydrogen-bond acceptors (Lipinski definition) is 2. The average Bonchev–Trinajstić information content (AvgIpc) is 2.96. The molecule has 2 N–H and O–H groups in total. The molecule has 0 aromatic heterocycles. The van der Waals surface area contributed by atoms with Gasteiger partial charge in [0.25, 0.3) is 5.91 Å². The normalized spacial score (nSPS) is 12.5. The topological polar surface area (TPSA) is 49.3 Å². The van der Waals surface area contributed by atoms with Crippen LogP contribution in [0, 0.1) is 0 Å². The Kier molecular flexibility index (Phi) is 3.63. The molecule has 0 fully saturated rings. The summed E-state index contributed by atoms with van der Waals surface area (Å²) in [5.41, 5.74) is 8.62. The number of rotatable bonds is 3. The maximum Gasteiger partial charge on any atom is 0.274 e. The first kappa shape index (κ1) is 14.7. The number of fused-ring (bicyclic) bond motifs is 3. The van der Waals surface area contributed by atoms with E-state index in [1.165, 1.54) is 27.8 Å². The lowest BCUT2D eigenvalue weighted by atomic mass is 9.90. The van der Waals surface area contributed by atoms with Gasteiger partial charge in [-0.3, -0.25) is 10.0 Å². The van der Waals surface area contributed by atoms with Crippen LogP contribution in [0.1, 0.15) is 33.0 Å². The van der Waals surface area contributed by atoms with Crippen molar-refractivity contribution in [2.45, 2.75) is 12.3 Å². The Morgan fingerprint density at radius 1 is 0.833 bits per heavy atom. The summed E-state index contributed by atoms with van der Waals surface area (Å²) in [6.07, 6.45) is 0.884. The van der Waals surface area contributed by atoms with Crippen molar-refractivity contribution in [2.75, 3.05) is 0 Å². The number of carbonyl (C=O) groups is 1. The monoisotopic (exact) mass is 315 g/mol. The van der Waals surface area contributed by atoms with E-state index in [-0.39, 0.29) is 0 Å². The minimum Gasteiger partial charge on any atom is -0.288 e. The molecule has 0 bridgehead atoms. The van der Waals surface area contributed by atoms with Crippen molar-refractivity contribution in [3.63, 3.8) is 0 Å². The Morgan fingerprint density at radius 2 is 1.38 bits per heavy atom. The number of benzene rings is 3. The SMILES string of the molecule is O=C(NO)c1ccc(CC2c3ccccc3-c3ccccc32)cc1. The zero-order valence-corrected chi connectivity index (χ0v) is 13.1. The largest absolute Gasteiger partial charge is 0.288 e. The second kappa shape index (κ2) is 5.95. The van der Waals surface area contributed by atoms with Crippen molar-refractivity contribution >= 4 is 5.91 Å². The van der Waals surface area contributed by atoms with Gasteiger partial charge in [0.1, 0.15) is 0 Å². The molecule has 0 atom stereocenters. The molecule has 4 rings (SSSR count). The summed E-state index contributed by atoms with van der Waals surface area (Å²) >= 11 is 0. The second-order valence-electron chi connectivity index (χ2n) is 6.07. The molecular weight excluding hydrogens is 298 g/mol. The summed E-state index contributed by atoms with van der Waals surface area (Å²) in [6.45, 7) is 0. The molecule has 0 saturated heterocycles. The Morgan fingerprint density at radius 3 is 1.92 bits per heavy atom. The fourth-order valence-corrected chi connectivity index (χ4v) is 3.57. The molecule has 1 aliphatic carbocycles. The Labute approximate surface area is 140 Å². The molecule has 1 aliphatic rings. The average molecular weight is 315 g/mol. The lowest BCUT2D eigenvalue weighted by molar-refractivity contribution is 0.0706. The van der Waals surface area contributed by atoms with Gasteiger partial charge < -0.3 is 0 Å². The molecule has 1 amide bonds. The first-order chi connectivity index (χ1) is 11.8. The smallest absolute Gasteiger partial charge is 0.274 e. The van der Waals surface area contributed by atoms with E-state index in [9.17, 15) is 4.79 Å². The minimum absolute atomic E-state index is 0.329. The van der Waals surface area contributed by atoms with E-state index in [0.717, 1.165) is 6.42 Å². The van der Waals surface area contributed by atoms with E-state index in [1.54, 1.807) is 17.6 Å². The molecule has 3 aromatic rings. The molecular formula is C21H17NO2. The summed E-state index contributed by atoms with van der Waals surface area (Å²) in [7, 11) is 0. The first-order valence-electron chi connectivity index (χ1n) is 7.99. The molecule has 0 radical (unpaired) electrons. The third kappa shape index (κ3) is 2.39. The van der Waals surface area contributed by atoms with Gasteiger partial charge in [0.05, 0.1) is 0 Å². The molecule has 3 aromatic carbocycles. The third-order valence-electron chi connectivity index (χ3n) is 4.72. The zero-order chi connectivity index (χ0) is 16.5. The predicted molar refractivity (Wildman–Crippen MR) is 93.1 cm³/mol. The molecule has 0 unspecified atom stereocenters. The number of hydrogen-bond donors (Lipinski definition) is 2. The molecule has 0 saturated carbocycles. The van der Waals surface area contributed by atoms with Gasteiger partial charge in [-0.25, -0.2) is 5.48 Å². The number of carbonyl (C=O) groups excluding carboxylic acids is 1. The van der Waals surface area contributed by atoms with Crippen LogP contribution in [0.4, 0.5) is 0 Å². The summed E-state index contributed by atoms with van der Waals surface area (Å²) in [5, 5.41) is 8.71. The van der Waals surface area contributed by atoms with Crippen molar-refractivity contribution in [3.05, 3.63) is 95.1 Å². The van der Waals surface area contributed by atoms with Gasteiger partial charge in [0.15, 0.2) is 0 Å². The van der Waals surface area contributed by atoms with Crippen LogP contribution in [0.3, 0.4) is 0 Å². The quantitative estimate of drug-likeness (QED) is 0.563. The van der Waals surface area contributed by atoms with Crippen LogP contribution in [0.2, 0.25) is 0 Å². The minimum atomic E-state index is -0.488. The van der Waals surface area contributed by atoms with Crippen LogP contribution in [-0.4, -0.2) is 11.1 Å². The van der Waals surface area contributed by atoms with Crippen LogP contribution < -0.4 is 5.48 Å². The van der Waals surface area contributed by atoms with Gasteiger partial charge >= 0.3 is 0 Å². The van der Waals surface area contributed by atoms with Crippen LogP contribution in [-0.2, 0) is 6.42 Å². The fourth-order valence-electron chi connectivity index (χ4n) is 3.57. The van der Waals surface area contributed by atoms with Crippen LogP contribution >= 0.6 is 0 Å². The molecule has 24 heavy (non-hydrogen) atoms. The highest BCUT2D eigenvalue weighted by molar-refractivity contribution is 5.93. The van der Waals surface area contributed by atoms with Crippen molar-refractivity contribution in [1.82, 2.24) is 5.48 Å². The van der Waals surface area contributed by atoms with Crippen molar-refractivity contribution < 1.29 is 10.0 Å². The third-order valence-corrected chi connectivity index (χ3v) is 4.72. The molecule has 3 nitrogen and oxygen atoms in total. The van der Waals surface area contributed by atoms with Crippen LogP contribution in [0.15, 0.2) is 72.8 Å². The van der Waals surface area contributed by atoms with E-state index in [4.69, 9.17) is 5.21 Å². The zero-order valence-electron chi connectivity index (χ0n) is 13.1. The van der Waals surface area contributed by atoms with E-state index >= 15 is 0 Å². The summed E-state index contributed by atoms with van der Waals surface area (Å²) in [6, 6.07) is 24.5. The van der Waals surface area contributed by atoms with Gasteiger partial charge in [0.2, 0.25) is 0 Å². The lowest BCUT2D eigenvalue weighted by Crippen LogP contribution is -2.18. The van der Waals surface area contributed by atoms with Gasteiger partial charge in [-0.15, -0.1) is 0 Å². The predicted octanol–water partition coefficient (Wildman–Crippen LogP) is 4.16. The van der Waals surface area contributed by atoms with Crippen LogP contribution in [0.25, 0.3) is 11.1 Å². The van der Waals surface area contributed by atoms with Gasteiger partial charge in [-0.2, -0.15) is 0 Å². The molecule has 0 spiro atoms. The standard InChI is InChI=1S/C21H17NO2/c23-21(22-24)15-11-9-14(10-12-15)13-20-18-7-3-1-5-16(18)17-6-2-4-8-19(17)20/h1-12,20,24H,13H2,(H,22,23). The Hall–Kier alpha value is -2.91. The summed E-state index contributed by atoms with van der Waals surface area (Å²) in [5.74, 6) is -0.159. The highest BCUT2D eigenvalue weighted by Crippen LogP contribution is 2.45. The van der Waals surface area contributed by atoms with E-state index in [2.05, 4.69) is 48.5 Å². The molecule has 3 heteroatoms. The Bertz CT molecular complexity index is 854. The van der Waals surface area contributed by atoms with E-state index in [0.29, 0.717) is 11.5 Å².